The average molecular weight is 359 g/mol. The summed E-state index contributed by atoms with van der Waals surface area (Å²) in [6.45, 7) is 2.02. The first-order valence-electron chi connectivity index (χ1n) is 9.10. The first-order chi connectivity index (χ1) is 12.5. The summed E-state index contributed by atoms with van der Waals surface area (Å²) in [5.41, 5.74) is 1.20. The van der Waals surface area contributed by atoms with Gasteiger partial charge in [0.1, 0.15) is 11.9 Å². The molecule has 1 saturated heterocycles. The standard InChI is InChI=1S/C19H22FN3O3/c1-11-8-13(6-7-14(11)20)18-21-17(26-22-18)10-23-15-5-3-2-4-12(15)9-16(23)19(24)25/h6-8,12,15-16H,2-5,9-10H2,1H3,(H,24,25). The van der Waals surface area contributed by atoms with Gasteiger partial charge in [-0.1, -0.05) is 18.0 Å². The molecule has 0 amide bonds. The lowest BCUT2D eigenvalue weighted by Crippen LogP contribution is -2.41. The van der Waals surface area contributed by atoms with E-state index in [0.29, 0.717) is 41.7 Å². The Morgan fingerprint density at radius 3 is 2.96 bits per heavy atom. The smallest absolute Gasteiger partial charge is 0.320 e. The zero-order chi connectivity index (χ0) is 18.3. The van der Waals surface area contributed by atoms with Gasteiger partial charge in [-0.25, -0.2) is 4.39 Å². The summed E-state index contributed by atoms with van der Waals surface area (Å²) in [6.07, 6.45) is 5.11. The van der Waals surface area contributed by atoms with Crippen molar-refractivity contribution in [3.63, 3.8) is 0 Å². The van der Waals surface area contributed by atoms with Crippen molar-refractivity contribution < 1.29 is 18.8 Å². The van der Waals surface area contributed by atoms with Gasteiger partial charge in [-0.3, -0.25) is 9.69 Å². The van der Waals surface area contributed by atoms with Crippen molar-refractivity contribution in [1.29, 1.82) is 0 Å². The molecule has 1 aliphatic carbocycles. The molecule has 2 fully saturated rings. The number of likely N-dealkylation sites (tertiary alicyclic amines) is 1. The van der Waals surface area contributed by atoms with Gasteiger partial charge in [-0.2, -0.15) is 4.98 Å². The molecule has 3 unspecified atom stereocenters. The van der Waals surface area contributed by atoms with Crippen LogP contribution in [-0.2, 0) is 11.3 Å². The fourth-order valence-corrected chi connectivity index (χ4v) is 4.40. The molecular weight excluding hydrogens is 337 g/mol. The summed E-state index contributed by atoms with van der Waals surface area (Å²) >= 11 is 0. The molecule has 1 aromatic heterocycles. The van der Waals surface area contributed by atoms with Crippen LogP contribution in [0.3, 0.4) is 0 Å². The third kappa shape index (κ3) is 3.11. The van der Waals surface area contributed by atoms with Crippen LogP contribution in [0.2, 0.25) is 0 Å². The van der Waals surface area contributed by atoms with Gasteiger partial charge < -0.3 is 9.63 Å². The third-order valence-electron chi connectivity index (χ3n) is 5.71. The molecule has 2 aliphatic rings. The number of aryl methyl sites for hydroxylation is 1. The van der Waals surface area contributed by atoms with Gasteiger partial charge in [-0.15, -0.1) is 0 Å². The Morgan fingerprint density at radius 1 is 1.38 bits per heavy atom. The van der Waals surface area contributed by atoms with Crippen LogP contribution < -0.4 is 0 Å². The molecule has 1 N–H and O–H groups in total. The van der Waals surface area contributed by atoms with Crippen LogP contribution in [0.15, 0.2) is 22.7 Å². The molecule has 1 aromatic carbocycles. The van der Waals surface area contributed by atoms with E-state index >= 15 is 0 Å². The summed E-state index contributed by atoms with van der Waals surface area (Å²) < 4.78 is 18.8. The van der Waals surface area contributed by atoms with Crippen molar-refractivity contribution >= 4 is 5.97 Å². The number of aliphatic carboxylic acids is 1. The quantitative estimate of drug-likeness (QED) is 0.901. The molecule has 3 atom stereocenters. The van der Waals surface area contributed by atoms with E-state index in [0.717, 1.165) is 19.3 Å². The summed E-state index contributed by atoms with van der Waals surface area (Å²) in [5.74, 6) is 0.177. The zero-order valence-corrected chi connectivity index (χ0v) is 14.7. The fraction of sp³-hybridized carbons (Fsp3) is 0.526. The van der Waals surface area contributed by atoms with E-state index in [1.807, 2.05) is 4.90 Å². The lowest BCUT2D eigenvalue weighted by molar-refractivity contribution is -0.143. The van der Waals surface area contributed by atoms with E-state index in [4.69, 9.17) is 4.52 Å². The lowest BCUT2D eigenvalue weighted by Gasteiger charge is -2.31. The summed E-state index contributed by atoms with van der Waals surface area (Å²) in [4.78, 5) is 18.1. The van der Waals surface area contributed by atoms with Crippen LogP contribution in [0.5, 0.6) is 0 Å². The van der Waals surface area contributed by atoms with Crippen molar-refractivity contribution in [2.24, 2.45) is 5.92 Å². The van der Waals surface area contributed by atoms with E-state index in [1.54, 1.807) is 19.1 Å². The van der Waals surface area contributed by atoms with Crippen LogP contribution in [-0.4, -0.2) is 38.2 Å². The first kappa shape index (κ1) is 17.1. The number of carbonyl (C=O) groups is 1. The van der Waals surface area contributed by atoms with Crippen molar-refractivity contribution in [2.75, 3.05) is 0 Å². The number of carboxylic acid groups (broad SMARTS) is 1. The van der Waals surface area contributed by atoms with E-state index < -0.39 is 12.0 Å². The fourth-order valence-electron chi connectivity index (χ4n) is 4.40. The lowest BCUT2D eigenvalue weighted by atomic mass is 9.85. The zero-order valence-electron chi connectivity index (χ0n) is 14.7. The predicted octanol–water partition coefficient (Wildman–Crippen LogP) is 3.40. The second kappa shape index (κ2) is 6.79. The molecule has 0 spiro atoms. The minimum Gasteiger partial charge on any atom is -0.480 e. The molecule has 0 radical (unpaired) electrons. The van der Waals surface area contributed by atoms with Gasteiger partial charge in [0.25, 0.3) is 0 Å². The molecule has 138 valence electrons. The molecule has 2 heterocycles. The average Bonchev–Trinajstić information content (AvgIpc) is 3.23. The van der Waals surface area contributed by atoms with Gasteiger partial charge in [-0.05, 0) is 55.9 Å². The van der Waals surface area contributed by atoms with Crippen LogP contribution in [0.1, 0.15) is 43.6 Å². The Kier molecular flexibility index (Phi) is 4.48. The maximum Gasteiger partial charge on any atom is 0.320 e. The first-order valence-corrected chi connectivity index (χ1v) is 9.10. The van der Waals surface area contributed by atoms with E-state index in [1.165, 1.54) is 12.5 Å². The van der Waals surface area contributed by atoms with Crippen molar-refractivity contribution in [3.05, 3.63) is 35.5 Å². The largest absolute Gasteiger partial charge is 0.480 e. The highest BCUT2D eigenvalue weighted by atomic mass is 19.1. The highest BCUT2D eigenvalue weighted by molar-refractivity contribution is 5.74. The van der Waals surface area contributed by atoms with Gasteiger partial charge in [0.2, 0.25) is 11.7 Å². The van der Waals surface area contributed by atoms with Crippen LogP contribution in [0, 0.1) is 18.7 Å². The van der Waals surface area contributed by atoms with Gasteiger partial charge >= 0.3 is 5.97 Å². The number of carboxylic acids is 1. The van der Waals surface area contributed by atoms with Crippen molar-refractivity contribution in [3.8, 4) is 11.4 Å². The van der Waals surface area contributed by atoms with E-state index in [9.17, 15) is 14.3 Å². The third-order valence-corrected chi connectivity index (χ3v) is 5.71. The molecule has 6 nitrogen and oxygen atoms in total. The Hall–Kier alpha value is -2.28. The number of hydrogen-bond acceptors (Lipinski definition) is 5. The van der Waals surface area contributed by atoms with E-state index in [2.05, 4.69) is 10.1 Å². The molecule has 26 heavy (non-hydrogen) atoms. The number of halogens is 1. The normalized spacial score (nSPS) is 26.0. The second-order valence-corrected chi connectivity index (χ2v) is 7.35. The Bertz CT molecular complexity index is 822. The minimum absolute atomic E-state index is 0.272. The number of nitrogens with zero attached hydrogens (tertiary/aromatic N) is 3. The molecule has 2 aromatic rings. The summed E-state index contributed by atoms with van der Waals surface area (Å²) in [7, 11) is 0. The number of rotatable bonds is 4. The van der Waals surface area contributed by atoms with E-state index in [-0.39, 0.29) is 11.9 Å². The van der Waals surface area contributed by atoms with Gasteiger partial charge in [0.05, 0.1) is 6.54 Å². The molecule has 0 bridgehead atoms. The minimum atomic E-state index is -0.784. The predicted molar refractivity (Wildman–Crippen MR) is 91.8 cm³/mol. The van der Waals surface area contributed by atoms with Crippen LogP contribution in [0.25, 0.3) is 11.4 Å². The van der Waals surface area contributed by atoms with Crippen LogP contribution in [0.4, 0.5) is 4.39 Å². The monoisotopic (exact) mass is 359 g/mol. The number of fused-ring (bicyclic) bond motifs is 1. The van der Waals surface area contributed by atoms with Crippen molar-refractivity contribution in [1.82, 2.24) is 15.0 Å². The molecule has 7 heteroatoms. The Labute approximate surface area is 151 Å². The van der Waals surface area contributed by atoms with Crippen molar-refractivity contribution in [2.45, 2.75) is 57.7 Å². The highest BCUT2D eigenvalue weighted by Gasteiger charge is 2.45. The number of hydrogen-bond donors (Lipinski definition) is 1. The SMILES string of the molecule is Cc1cc(-c2noc(CN3C(C(=O)O)CC4CCCCC43)n2)ccc1F. The maximum absolute atomic E-state index is 13.4. The molecule has 1 saturated carbocycles. The summed E-state index contributed by atoms with van der Waals surface area (Å²) in [5, 5.41) is 13.6. The molecule has 4 rings (SSSR count). The maximum atomic E-state index is 13.4. The summed E-state index contributed by atoms with van der Waals surface area (Å²) in [6, 6.07) is 4.45. The van der Waals surface area contributed by atoms with Gasteiger partial charge in [0.15, 0.2) is 0 Å². The Morgan fingerprint density at radius 2 is 2.19 bits per heavy atom. The highest BCUT2D eigenvalue weighted by Crippen LogP contribution is 2.40. The second-order valence-electron chi connectivity index (χ2n) is 7.35. The van der Waals surface area contributed by atoms with Gasteiger partial charge in [0, 0.05) is 11.6 Å². The Balaban J connectivity index is 1.55. The number of benzene rings is 1. The van der Waals surface area contributed by atoms with Crippen LogP contribution >= 0.6 is 0 Å². The molecule has 1 aliphatic heterocycles. The topological polar surface area (TPSA) is 79.5 Å². The number of aromatic nitrogens is 2. The molecular formula is C19H22FN3O3.